The molecule has 3 rings (SSSR count). The highest BCUT2D eigenvalue weighted by Crippen LogP contribution is 2.35. The van der Waals surface area contributed by atoms with Crippen LogP contribution in [0.4, 0.5) is 0 Å². The molecule has 118 valence electrons. The lowest BCUT2D eigenvalue weighted by Crippen LogP contribution is -2.42. The summed E-state index contributed by atoms with van der Waals surface area (Å²) in [5.74, 6) is 0. The number of benzene rings is 1. The predicted octanol–water partition coefficient (Wildman–Crippen LogP) is 2.59. The van der Waals surface area contributed by atoms with Gasteiger partial charge in [-0.1, -0.05) is 17.7 Å². The Kier molecular flexibility index (Phi) is 5.21. The van der Waals surface area contributed by atoms with Crippen LogP contribution in [0.3, 0.4) is 0 Å². The standard InChI is InChI=1S/C14H19ClN2O2S.ClH/c1-10-13(15)3-2-4-14(10)20(18,19)17-11-5-6-12(17)9-16-8-7-11;/h2-4,11-12,16H,5-9H2,1H3;1H. The molecule has 21 heavy (non-hydrogen) atoms. The number of fused-ring (bicyclic) bond motifs is 2. The summed E-state index contributed by atoms with van der Waals surface area (Å²) < 4.78 is 27.8. The molecular formula is C14H20Cl2N2O2S. The van der Waals surface area contributed by atoms with Crippen molar-refractivity contribution in [2.75, 3.05) is 13.1 Å². The van der Waals surface area contributed by atoms with E-state index in [0.29, 0.717) is 15.5 Å². The molecule has 2 fully saturated rings. The maximum Gasteiger partial charge on any atom is 0.243 e. The van der Waals surface area contributed by atoms with Gasteiger partial charge < -0.3 is 5.32 Å². The maximum absolute atomic E-state index is 13.0. The molecule has 0 spiro atoms. The number of halogens is 2. The van der Waals surface area contributed by atoms with Crippen molar-refractivity contribution >= 4 is 34.0 Å². The molecule has 0 aliphatic carbocycles. The van der Waals surface area contributed by atoms with Gasteiger partial charge in [-0.15, -0.1) is 12.4 Å². The highest BCUT2D eigenvalue weighted by molar-refractivity contribution is 7.89. The quantitative estimate of drug-likeness (QED) is 0.891. The van der Waals surface area contributed by atoms with Crippen LogP contribution in [-0.4, -0.2) is 37.9 Å². The van der Waals surface area contributed by atoms with Crippen molar-refractivity contribution < 1.29 is 8.42 Å². The average Bonchev–Trinajstić information content (AvgIpc) is 2.66. The van der Waals surface area contributed by atoms with Crippen molar-refractivity contribution in [3.8, 4) is 0 Å². The molecule has 2 bridgehead atoms. The van der Waals surface area contributed by atoms with E-state index in [1.165, 1.54) is 0 Å². The lowest BCUT2D eigenvalue weighted by Gasteiger charge is -2.27. The topological polar surface area (TPSA) is 49.4 Å². The minimum atomic E-state index is -3.47. The van der Waals surface area contributed by atoms with Gasteiger partial charge in [0, 0.05) is 23.7 Å². The Bertz CT molecular complexity index is 607. The van der Waals surface area contributed by atoms with Gasteiger partial charge in [-0.25, -0.2) is 8.42 Å². The van der Waals surface area contributed by atoms with E-state index in [2.05, 4.69) is 5.32 Å². The molecule has 1 N–H and O–H groups in total. The first-order valence-electron chi connectivity index (χ1n) is 7.01. The van der Waals surface area contributed by atoms with Crippen LogP contribution in [0.2, 0.25) is 5.02 Å². The van der Waals surface area contributed by atoms with E-state index in [1.807, 2.05) is 0 Å². The van der Waals surface area contributed by atoms with Crippen LogP contribution in [0.15, 0.2) is 23.1 Å². The largest absolute Gasteiger partial charge is 0.315 e. The fourth-order valence-corrected chi connectivity index (χ4v) is 5.69. The molecule has 2 heterocycles. The Morgan fingerprint density at radius 2 is 1.95 bits per heavy atom. The predicted molar refractivity (Wildman–Crippen MR) is 86.8 cm³/mol. The molecule has 2 aliphatic rings. The third-order valence-electron chi connectivity index (χ3n) is 4.36. The number of sulfonamides is 1. The van der Waals surface area contributed by atoms with Gasteiger partial charge in [0.15, 0.2) is 0 Å². The zero-order chi connectivity index (χ0) is 14.3. The van der Waals surface area contributed by atoms with E-state index >= 15 is 0 Å². The summed E-state index contributed by atoms with van der Waals surface area (Å²) in [7, 11) is -3.47. The summed E-state index contributed by atoms with van der Waals surface area (Å²) in [5.41, 5.74) is 0.644. The fourth-order valence-electron chi connectivity index (χ4n) is 3.31. The first-order chi connectivity index (χ1) is 9.51. The summed E-state index contributed by atoms with van der Waals surface area (Å²) in [6, 6.07) is 5.30. The Balaban J connectivity index is 0.00000161. The van der Waals surface area contributed by atoms with E-state index in [9.17, 15) is 8.42 Å². The Morgan fingerprint density at radius 3 is 2.71 bits per heavy atom. The Hall–Kier alpha value is -0.330. The highest BCUT2D eigenvalue weighted by atomic mass is 35.5. The molecule has 2 aliphatic heterocycles. The van der Waals surface area contributed by atoms with Crippen LogP contribution < -0.4 is 5.32 Å². The Labute approximate surface area is 137 Å². The van der Waals surface area contributed by atoms with Crippen molar-refractivity contribution in [2.45, 2.75) is 43.2 Å². The summed E-state index contributed by atoms with van der Waals surface area (Å²) in [6.45, 7) is 3.41. The second kappa shape index (κ2) is 6.42. The number of nitrogens with one attached hydrogen (secondary N) is 1. The number of hydrogen-bond acceptors (Lipinski definition) is 3. The molecule has 1 aromatic rings. The molecule has 0 saturated carbocycles. The average molecular weight is 351 g/mol. The maximum atomic E-state index is 13.0. The summed E-state index contributed by atoms with van der Waals surface area (Å²) >= 11 is 6.08. The van der Waals surface area contributed by atoms with E-state index in [-0.39, 0.29) is 24.5 Å². The van der Waals surface area contributed by atoms with Crippen LogP contribution >= 0.6 is 24.0 Å². The molecule has 7 heteroatoms. The fraction of sp³-hybridized carbons (Fsp3) is 0.571. The zero-order valence-corrected chi connectivity index (χ0v) is 14.3. The van der Waals surface area contributed by atoms with Crippen molar-refractivity contribution in [1.29, 1.82) is 0 Å². The minimum absolute atomic E-state index is 0. The van der Waals surface area contributed by atoms with Crippen molar-refractivity contribution in [2.24, 2.45) is 0 Å². The first-order valence-corrected chi connectivity index (χ1v) is 8.83. The monoisotopic (exact) mass is 350 g/mol. The van der Waals surface area contributed by atoms with Gasteiger partial charge in [-0.2, -0.15) is 4.31 Å². The zero-order valence-electron chi connectivity index (χ0n) is 11.9. The van der Waals surface area contributed by atoms with E-state index in [0.717, 1.165) is 32.4 Å². The number of hydrogen-bond donors (Lipinski definition) is 1. The SMILES string of the molecule is Cc1c(Cl)cccc1S(=O)(=O)N1C2CCNCC1CC2.Cl. The second-order valence-corrected chi connectivity index (χ2v) is 7.79. The molecule has 0 amide bonds. The van der Waals surface area contributed by atoms with Gasteiger partial charge in [0.1, 0.15) is 0 Å². The molecule has 1 aromatic carbocycles. The molecule has 0 aromatic heterocycles. The summed E-state index contributed by atoms with van der Waals surface area (Å²) in [5, 5.41) is 3.83. The van der Waals surface area contributed by atoms with Gasteiger partial charge in [0.2, 0.25) is 10.0 Å². The summed E-state index contributed by atoms with van der Waals surface area (Å²) in [6.07, 6.45) is 2.79. The van der Waals surface area contributed by atoms with E-state index in [4.69, 9.17) is 11.6 Å². The molecular weight excluding hydrogens is 331 g/mol. The van der Waals surface area contributed by atoms with Gasteiger partial charge in [-0.3, -0.25) is 0 Å². The van der Waals surface area contributed by atoms with Crippen molar-refractivity contribution in [3.05, 3.63) is 28.8 Å². The van der Waals surface area contributed by atoms with Crippen molar-refractivity contribution in [3.63, 3.8) is 0 Å². The van der Waals surface area contributed by atoms with E-state index in [1.54, 1.807) is 29.4 Å². The normalized spacial score (nSPS) is 26.2. The Morgan fingerprint density at radius 1 is 1.24 bits per heavy atom. The van der Waals surface area contributed by atoms with Crippen LogP contribution in [0.25, 0.3) is 0 Å². The van der Waals surface area contributed by atoms with Gasteiger partial charge in [-0.05, 0) is 50.4 Å². The molecule has 2 saturated heterocycles. The van der Waals surface area contributed by atoms with Crippen molar-refractivity contribution in [1.82, 2.24) is 9.62 Å². The van der Waals surface area contributed by atoms with E-state index < -0.39 is 10.0 Å². The lowest BCUT2D eigenvalue weighted by atomic mass is 10.1. The minimum Gasteiger partial charge on any atom is -0.315 e. The lowest BCUT2D eigenvalue weighted by molar-refractivity contribution is 0.334. The number of nitrogens with zero attached hydrogens (tertiary/aromatic N) is 1. The van der Waals surface area contributed by atoms with Gasteiger partial charge in [0.25, 0.3) is 0 Å². The molecule has 4 nitrogen and oxygen atoms in total. The van der Waals surface area contributed by atoms with Gasteiger partial charge >= 0.3 is 0 Å². The second-order valence-electron chi connectivity index (χ2n) is 5.58. The van der Waals surface area contributed by atoms with Crippen LogP contribution in [-0.2, 0) is 10.0 Å². The molecule has 2 atom stereocenters. The smallest absolute Gasteiger partial charge is 0.243 e. The molecule has 2 unspecified atom stereocenters. The highest BCUT2D eigenvalue weighted by Gasteiger charge is 2.43. The van der Waals surface area contributed by atoms with Gasteiger partial charge in [0.05, 0.1) is 4.90 Å². The van der Waals surface area contributed by atoms with Crippen LogP contribution in [0.1, 0.15) is 24.8 Å². The third kappa shape index (κ3) is 2.94. The molecule has 0 radical (unpaired) electrons. The third-order valence-corrected chi connectivity index (χ3v) is 6.92. The number of rotatable bonds is 2. The first kappa shape index (κ1) is 17.0. The van der Waals surface area contributed by atoms with Crippen LogP contribution in [0, 0.1) is 6.92 Å². The van der Waals surface area contributed by atoms with Crippen LogP contribution in [0.5, 0.6) is 0 Å². The summed E-state index contributed by atoms with van der Waals surface area (Å²) in [4.78, 5) is 0.351.